The van der Waals surface area contributed by atoms with Gasteiger partial charge in [-0.25, -0.2) is 26.3 Å². The third kappa shape index (κ3) is 36.8. The Morgan fingerprint density at radius 1 is 0.213 bits per heavy atom. The Balaban J connectivity index is 1.03. The number of hydrogen-bond donors (Lipinski definition) is 0. The Hall–Kier alpha value is -3.18. The van der Waals surface area contributed by atoms with Gasteiger partial charge in [0.2, 0.25) is 0 Å². The lowest BCUT2D eigenvalue weighted by atomic mass is 9.88. The first-order chi connectivity index (χ1) is 66.6. The average molecular weight is 2150 g/mol. The lowest BCUT2D eigenvalue weighted by Gasteiger charge is -2.17. The lowest BCUT2D eigenvalue weighted by Crippen LogP contribution is -2.05. The largest absolute Gasteiger partial charge is 0.205 e. The topological polar surface area (TPSA) is 51.6 Å². The normalized spacial score (nSPS) is 13.0. The molecule has 0 radical (unpaired) electrons. The second-order valence-electron chi connectivity index (χ2n) is 40.6. The predicted molar refractivity (Wildman–Crippen MR) is 599 cm³/mol. The highest BCUT2D eigenvalue weighted by molar-refractivity contribution is 9.11. The summed E-state index contributed by atoms with van der Waals surface area (Å²) < 4.78 is 130. The van der Waals surface area contributed by atoms with E-state index in [4.69, 9.17) is 17.5 Å². The highest BCUT2D eigenvalue weighted by atomic mass is 79.9. The summed E-state index contributed by atoms with van der Waals surface area (Å²) in [7, 11) is 0. The van der Waals surface area contributed by atoms with Crippen LogP contribution >= 0.6 is 123 Å². The fourth-order valence-corrected chi connectivity index (χ4v) is 30.5. The number of hydrogen-bond acceptors (Lipinski definition) is 12. The highest BCUT2D eigenvalue weighted by Crippen LogP contribution is 2.55. The molecule has 0 fully saturated rings. The van der Waals surface area contributed by atoms with E-state index in [-0.39, 0.29) is 43.8 Å². The first-order valence-electron chi connectivity index (χ1n) is 55.3. The summed E-state index contributed by atoms with van der Waals surface area (Å²) in [5.41, 5.74) is 5.86. The van der Waals surface area contributed by atoms with Crippen molar-refractivity contribution < 1.29 is 26.3 Å². The first kappa shape index (κ1) is 115. The van der Waals surface area contributed by atoms with Crippen LogP contribution in [0.15, 0.2) is 44.0 Å². The Bertz CT molecular complexity index is 4640. The second kappa shape index (κ2) is 66.0. The Morgan fingerprint density at radius 3 is 0.603 bits per heavy atom. The molecular weight excluding hydrogens is 1980 g/mol. The molecule has 4 atom stereocenters. The quantitative estimate of drug-likeness (QED) is 0.0282. The van der Waals surface area contributed by atoms with Crippen LogP contribution in [0.5, 0.6) is 0 Å². The van der Waals surface area contributed by atoms with Gasteiger partial charge in [0, 0.05) is 39.0 Å². The van der Waals surface area contributed by atoms with Crippen LogP contribution in [-0.4, -0.2) is 17.5 Å². The molecule has 0 saturated heterocycles. The summed E-state index contributed by atoms with van der Waals surface area (Å²) in [5.74, 6) is -3.41. The Morgan fingerprint density at radius 2 is 0.390 bits per heavy atom. The van der Waals surface area contributed by atoms with Crippen molar-refractivity contribution >= 4 is 145 Å². The van der Waals surface area contributed by atoms with Crippen molar-refractivity contribution in [2.75, 3.05) is 0 Å². The predicted octanol–water partition coefficient (Wildman–Crippen LogP) is 45.9. The maximum Gasteiger partial charge on any atom is 0.170 e. The van der Waals surface area contributed by atoms with Crippen LogP contribution in [-0.2, 0) is 25.7 Å². The molecular formula is C116H170Br2F6N4S8. The number of thiophene rings is 6. The molecule has 4 unspecified atom stereocenters. The lowest BCUT2D eigenvalue weighted by molar-refractivity contribution is 0.400. The Kier molecular flexibility index (Phi) is 55.7. The second-order valence-corrected chi connectivity index (χ2v) is 50.6. The Labute approximate surface area is 869 Å². The maximum atomic E-state index is 18.2. The molecule has 4 nitrogen and oxygen atoms in total. The summed E-state index contributed by atoms with van der Waals surface area (Å²) in [5, 5.41) is 0. The van der Waals surface area contributed by atoms with E-state index in [0.717, 1.165) is 179 Å². The molecule has 0 bridgehead atoms. The fraction of sp³-hybridized carbons (Fsp3) is 0.690. The van der Waals surface area contributed by atoms with Crippen LogP contribution < -0.4 is 0 Å². The van der Waals surface area contributed by atoms with Crippen molar-refractivity contribution in [3.8, 4) is 71.0 Å². The van der Waals surface area contributed by atoms with Crippen LogP contribution in [0.2, 0.25) is 0 Å². The number of aromatic nitrogens is 4. The zero-order valence-corrected chi connectivity index (χ0v) is 94.6. The van der Waals surface area contributed by atoms with Gasteiger partial charge in [-0.15, -0.1) is 68.0 Å². The minimum atomic E-state index is -0.970. The molecule has 8 heterocycles. The van der Waals surface area contributed by atoms with Crippen LogP contribution in [0.25, 0.3) is 93.1 Å². The van der Waals surface area contributed by atoms with Crippen LogP contribution in [0.3, 0.4) is 0 Å². The van der Waals surface area contributed by atoms with E-state index in [1.807, 2.05) is 12.1 Å². The minimum absolute atomic E-state index is 0.0687. The smallest absolute Gasteiger partial charge is 0.170 e. The van der Waals surface area contributed by atoms with Crippen molar-refractivity contribution in [2.24, 2.45) is 23.7 Å². The molecule has 136 heavy (non-hydrogen) atoms. The van der Waals surface area contributed by atoms with Crippen LogP contribution in [0.4, 0.5) is 26.3 Å². The molecule has 0 aliphatic carbocycles. The molecule has 0 N–H and O–H groups in total. The van der Waals surface area contributed by atoms with Crippen molar-refractivity contribution in [2.45, 2.75) is 492 Å². The van der Waals surface area contributed by atoms with Gasteiger partial charge in [-0.1, -0.05) is 466 Å². The summed E-state index contributed by atoms with van der Waals surface area (Å²) in [6.07, 6.45) is 80.7. The van der Waals surface area contributed by atoms with Crippen LogP contribution in [0, 0.1) is 58.6 Å². The van der Waals surface area contributed by atoms with Gasteiger partial charge in [-0.05, 0) is 140 Å². The molecule has 2 aromatic carbocycles. The SMILES string of the molecule is CCCCCCCCCCC(CCCCCCCC)Cc1cc(-c2c(F)c(F)c(-c3cc(CC(CCCCCCCC)CCCCCCCCCC)c(-c4cc(F)c(-c5sc(-c6sc(-c7c(F)c(F)c(-c8cc(CC(CCCCCCCC)CCCCCCCCCC)c(Br)s8)c8nsnc78)cc6CC(CCCCCCCC)CCCCCCCCCC)cc5F)s4)s3)c3nsnc23)sc1Br. The molecule has 0 saturated carbocycles. The van der Waals surface area contributed by atoms with Gasteiger partial charge < -0.3 is 0 Å². The highest BCUT2D eigenvalue weighted by Gasteiger charge is 2.34. The molecule has 0 spiro atoms. The van der Waals surface area contributed by atoms with Gasteiger partial charge >= 0.3 is 0 Å². The van der Waals surface area contributed by atoms with Crippen molar-refractivity contribution in [3.05, 3.63) is 101 Å². The monoisotopic (exact) mass is 2150 g/mol. The summed E-state index contributed by atoms with van der Waals surface area (Å²) in [6, 6.07) is 11.3. The van der Waals surface area contributed by atoms with E-state index in [0.29, 0.717) is 76.0 Å². The number of halogens is 8. The van der Waals surface area contributed by atoms with Crippen molar-refractivity contribution in [1.82, 2.24) is 17.5 Å². The van der Waals surface area contributed by atoms with Crippen molar-refractivity contribution in [3.63, 3.8) is 0 Å². The number of rotatable bonds is 79. The molecule has 8 aromatic heterocycles. The molecule has 0 aliphatic heterocycles. The van der Waals surface area contributed by atoms with Gasteiger partial charge in [0.25, 0.3) is 0 Å². The summed E-state index contributed by atoms with van der Waals surface area (Å²) in [4.78, 5) is 5.34. The summed E-state index contributed by atoms with van der Waals surface area (Å²) >= 11 is 17.9. The molecule has 0 aliphatic rings. The van der Waals surface area contributed by atoms with Gasteiger partial charge in [-0.3, -0.25) is 0 Å². The molecule has 0 amide bonds. The van der Waals surface area contributed by atoms with E-state index in [1.54, 1.807) is 12.1 Å². The fourth-order valence-electron chi connectivity index (χ4n) is 21.0. The number of nitrogens with zero attached hydrogens (tertiary/aromatic N) is 4. The van der Waals surface area contributed by atoms with Gasteiger partial charge in [-0.2, -0.15) is 17.5 Å². The summed E-state index contributed by atoms with van der Waals surface area (Å²) in [6.45, 7) is 18.1. The van der Waals surface area contributed by atoms with Crippen molar-refractivity contribution in [1.29, 1.82) is 0 Å². The van der Waals surface area contributed by atoms with Crippen LogP contribution in [0.1, 0.15) is 489 Å². The number of unbranched alkanes of at least 4 members (excludes halogenated alkanes) is 48. The third-order valence-corrected chi connectivity index (χ3v) is 39.2. The molecule has 20 heteroatoms. The average Bonchev–Trinajstić information content (AvgIpc) is 1.58. The molecule has 10 rings (SSSR count). The standard InChI is InChI=1S/C116H170Br2F6N4S8/c1-9-17-25-33-41-45-53-61-67-83(65-57-49-37-29-21-13-5)73-87-77-93(99-103(121)105(123)101(109-107(99)125-135-127-109)95-79-89(115(117)133-95)75-85(69-59-51-39-31-23-15-7)71-63-55-47-43-35-27-19-11-3)129-111(87)97-81-91(119)113(131-97)114-92(120)82-98(132-114)112-88(74-84(66-58-50-38-30-22-14-6)68-62-54-46-42-34-26-18-10-2)78-94(130-112)100-104(122)106(124)102(110-108(100)126-136-128-110)96-80-90(116(118)134-96)76-86(70-60-52-40-32-24-16-8)72-64-56-48-44-36-28-20-12-4/h77-86H,9-76H2,1-8H3. The zero-order valence-electron chi connectivity index (χ0n) is 84.9. The maximum absolute atomic E-state index is 18.2. The number of benzene rings is 2. The van der Waals surface area contributed by atoms with E-state index < -0.39 is 34.9 Å². The van der Waals surface area contributed by atoms with E-state index >= 15 is 26.3 Å². The molecule has 758 valence electrons. The van der Waals surface area contributed by atoms with E-state index in [1.165, 1.54) is 376 Å². The van der Waals surface area contributed by atoms with E-state index in [9.17, 15) is 0 Å². The van der Waals surface area contributed by atoms with Gasteiger partial charge in [0.1, 0.15) is 33.7 Å². The molecule has 10 aromatic rings. The third-order valence-electron chi connectivity index (χ3n) is 29.1. The zero-order chi connectivity index (χ0) is 96.4. The van der Waals surface area contributed by atoms with Gasteiger partial charge in [0.05, 0.1) is 63.0 Å². The first-order valence-corrected chi connectivity index (χ1v) is 63.2. The van der Waals surface area contributed by atoms with Gasteiger partial charge in [0.15, 0.2) is 23.3 Å². The van der Waals surface area contributed by atoms with E-state index in [2.05, 4.69) is 99.4 Å². The number of fused-ring (bicyclic) bond motifs is 2. The minimum Gasteiger partial charge on any atom is -0.205 e.